The molecule has 2 aromatic carbocycles. The second kappa shape index (κ2) is 26.2. The topological polar surface area (TPSA) is 171 Å². The molecule has 2 aromatic rings. The number of phosphoric acid groups is 1. The van der Waals surface area contributed by atoms with Gasteiger partial charge in [-0.05, 0) is 45.4 Å². The van der Waals surface area contributed by atoms with Crippen LogP contribution in [0.15, 0.2) is 60.7 Å². The quantitative estimate of drug-likeness (QED) is 0.0250. The van der Waals surface area contributed by atoms with E-state index in [0.717, 1.165) is 25.7 Å². The van der Waals surface area contributed by atoms with Crippen LogP contribution in [-0.4, -0.2) is 86.0 Å². The van der Waals surface area contributed by atoms with E-state index in [9.17, 15) is 23.7 Å². The van der Waals surface area contributed by atoms with Gasteiger partial charge in [0.25, 0.3) is 7.24 Å². The lowest BCUT2D eigenvalue weighted by molar-refractivity contribution is -0.203. The maximum atomic E-state index is 14.8. The molecular formula is C40H56BCl3NO13P. The maximum Gasteiger partial charge on any atom is 0.588 e. The largest absolute Gasteiger partial charge is 0.588 e. The zero-order valence-corrected chi connectivity index (χ0v) is 37.1. The number of carbonyl (C=O) groups is 4. The lowest BCUT2D eigenvalue weighted by atomic mass is 9.83. The molecule has 6 unspecified atom stereocenters. The van der Waals surface area contributed by atoms with Crippen molar-refractivity contribution in [3.63, 3.8) is 0 Å². The molecule has 14 nitrogen and oxygen atoms in total. The summed E-state index contributed by atoms with van der Waals surface area (Å²) in [4.78, 5) is 51.8. The first-order valence-electron chi connectivity index (χ1n) is 20.4. The molecule has 59 heavy (non-hydrogen) atoms. The Labute approximate surface area is 364 Å². The number of halogens is 3. The molecule has 1 aliphatic rings. The van der Waals surface area contributed by atoms with Crippen molar-refractivity contribution >= 4 is 73.8 Å². The summed E-state index contributed by atoms with van der Waals surface area (Å²) in [5.41, 5.74) is 0. The van der Waals surface area contributed by atoms with E-state index in [1.54, 1.807) is 36.4 Å². The Hall–Kier alpha value is -3.20. The van der Waals surface area contributed by atoms with Gasteiger partial charge in [-0.2, -0.15) is 0 Å². The normalized spacial score (nSPS) is 20.0. The fourth-order valence-corrected chi connectivity index (χ4v) is 7.83. The molecule has 0 aliphatic carbocycles. The molecule has 328 valence electrons. The number of phosphoric ester groups is 1. The molecule has 1 heterocycles. The maximum absolute atomic E-state index is 14.8. The van der Waals surface area contributed by atoms with Crippen LogP contribution < -0.4 is 14.4 Å². The van der Waals surface area contributed by atoms with Crippen molar-refractivity contribution in [2.45, 2.75) is 139 Å². The van der Waals surface area contributed by atoms with Gasteiger partial charge in [0.2, 0.25) is 9.66 Å². The first-order valence-corrected chi connectivity index (χ1v) is 22.5. The van der Waals surface area contributed by atoms with Crippen molar-refractivity contribution in [2.24, 2.45) is 0 Å². The highest BCUT2D eigenvalue weighted by Gasteiger charge is 2.53. The highest BCUT2D eigenvalue weighted by atomic mass is 35.6. The van der Waals surface area contributed by atoms with Gasteiger partial charge >= 0.3 is 25.9 Å². The zero-order valence-electron chi connectivity index (χ0n) is 34.9. The molecule has 19 heteroatoms. The van der Waals surface area contributed by atoms with Gasteiger partial charge in [0.1, 0.15) is 43.0 Å². The summed E-state index contributed by atoms with van der Waals surface area (Å²) in [6.45, 7) is 4.99. The Morgan fingerprint density at radius 2 is 1.44 bits per heavy atom. The summed E-state index contributed by atoms with van der Waals surface area (Å²) in [5.74, 6) is -2.24. The second-order valence-electron chi connectivity index (χ2n) is 14.0. The number of rotatable bonds is 25. The number of hydrogen-bond acceptors (Lipinski definition) is 13. The highest BCUT2D eigenvalue weighted by molar-refractivity contribution is 7.49. The van der Waals surface area contributed by atoms with Crippen molar-refractivity contribution < 1.29 is 61.0 Å². The number of alkyl halides is 3. The lowest BCUT2D eigenvalue weighted by Gasteiger charge is -2.45. The number of ether oxygens (including phenoxy) is 5. The molecule has 0 radical (unpaired) electrons. The van der Waals surface area contributed by atoms with Gasteiger partial charge < -0.3 is 38.0 Å². The van der Waals surface area contributed by atoms with E-state index in [0.29, 0.717) is 12.8 Å². The second-order valence-corrected chi connectivity index (χ2v) is 18.0. The third kappa shape index (κ3) is 19.8. The Bertz CT molecular complexity index is 1620. The van der Waals surface area contributed by atoms with Gasteiger partial charge in [-0.3, -0.25) is 18.9 Å². The number of hydrogen-bond donors (Lipinski definition) is 1. The van der Waals surface area contributed by atoms with Crippen molar-refractivity contribution in [3.8, 4) is 11.5 Å². The molecule has 1 fully saturated rings. The molecule has 6 atom stereocenters. The van der Waals surface area contributed by atoms with E-state index >= 15 is 0 Å². The first kappa shape index (κ1) is 48.5. The van der Waals surface area contributed by atoms with Crippen molar-refractivity contribution in [1.82, 2.24) is 5.32 Å². The van der Waals surface area contributed by atoms with Crippen LogP contribution in [0.25, 0.3) is 0 Å². The number of esters is 2. The Balaban J connectivity index is 1.99. The van der Waals surface area contributed by atoms with Crippen molar-refractivity contribution in [3.05, 3.63) is 60.7 Å². The minimum atomic E-state index is -4.82. The van der Waals surface area contributed by atoms with Gasteiger partial charge in [-0.25, -0.2) is 9.36 Å². The number of para-hydroxylation sites is 2. The van der Waals surface area contributed by atoms with Gasteiger partial charge in [-0.1, -0.05) is 136 Å². The fraction of sp³-hybridized carbons (Fsp3) is 0.600. The summed E-state index contributed by atoms with van der Waals surface area (Å²) in [7, 11) is -6.10. The van der Waals surface area contributed by atoms with Crippen LogP contribution in [-0.2, 0) is 42.4 Å². The van der Waals surface area contributed by atoms with Crippen LogP contribution in [0.2, 0.25) is 6.82 Å². The average molecular weight is 909 g/mol. The number of nitrogens with one attached hydrogen (secondary N) is 1. The number of unbranched alkanes of at least 4 members (excludes halogenated alkanes) is 8. The molecule has 0 saturated carbocycles. The summed E-state index contributed by atoms with van der Waals surface area (Å²) in [6, 6.07) is 14.6. The molecule has 3 rings (SSSR count). The van der Waals surface area contributed by atoms with Crippen molar-refractivity contribution in [1.29, 1.82) is 1.34 Å². The predicted molar refractivity (Wildman–Crippen MR) is 226 cm³/mol. The Kier molecular flexibility index (Phi) is 21.5. The van der Waals surface area contributed by atoms with Crippen LogP contribution in [0.5, 0.6) is 11.5 Å². The highest BCUT2D eigenvalue weighted by Crippen LogP contribution is 2.52. The van der Waals surface area contributed by atoms with Crippen LogP contribution in [0.4, 0.5) is 9.59 Å². The summed E-state index contributed by atoms with van der Waals surface area (Å²) < 4.78 is 66.8. The summed E-state index contributed by atoms with van der Waals surface area (Å²) in [5, 5.41) is 2.56. The summed E-state index contributed by atoms with van der Waals surface area (Å²) in [6.07, 6.45) is 1.87. The minimum Gasteiger partial charge on any atom is -0.471 e. The molecule has 1 amide bonds. The minimum absolute atomic E-state index is 0.0760. The standard InChI is InChI=1S/C40H56BCl3NO13P/c1-5-6-7-8-9-10-11-12-15-24-32(54-29(3)46)25-34(47)55-37-35(45-39(49)52-27-40(42,43)44)28(2)53-33(26-51-38(48)41-4)36(37)58-59(50,56-30-20-16-13-17-21-30)57-31-22-18-14-19-23-31/h13-14,16-23,28,32-33,35-37,41H,5-12,15,24-27H2,1-4H3,(H,45,49)/i41T. The van der Waals surface area contributed by atoms with Gasteiger partial charge in [0, 0.05) is 6.92 Å². The number of amides is 1. The van der Waals surface area contributed by atoms with E-state index in [1.807, 2.05) is 0 Å². The van der Waals surface area contributed by atoms with Gasteiger partial charge in [0.05, 0.1) is 18.6 Å². The van der Waals surface area contributed by atoms with E-state index in [4.69, 9.17) is 73.4 Å². The number of alkyl carbamates (subject to hydrolysis) is 1. The smallest absolute Gasteiger partial charge is 0.471 e. The van der Waals surface area contributed by atoms with Gasteiger partial charge in [0.15, 0.2) is 6.10 Å². The first-order chi connectivity index (χ1) is 28.5. The molecule has 1 saturated heterocycles. The zero-order chi connectivity index (χ0) is 44.1. The van der Waals surface area contributed by atoms with E-state index in [2.05, 4.69) is 12.2 Å². The van der Waals surface area contributed by atoms with Crippen LogP contribution in [0.1, 0.15) is 91.4 Å². The summed E-state index contributed by atoms with van der Waals surface area (Å²) >= 11 is 17.4. The lowest BCUT2D eigenvalue weighted by Crippen LogP contribution is -2.65. The molecule has 0 spiro atoms. The molecule has 0 bridgehead atoms. The fourth-order valence-electron chi connectivity index (χ4n) is 6.23. The molecular weight excluding hydrogens is 851 g/mol. The van der Waals surface area contributed by atoms with Gasteiger partial charge in [-0.15, -0.1) is 0 Å². The average Bonchev–Trinajstić information content (AvgIpc) is 3.18. The number of carbonyl (C=O) groups excluding carboxylic acids is 4. The third-order valence-electron chi connectivity index (χ3n) is 9.01. The predicted octanol–water partition coefficient (Wildman–Crippen LogP) is 9.67. The monoisotopic (exact) mass is 907 g/mol. The molecule has 0 aromatic heterocycles. The molecule has 1 N–H and O–H groups in total. The van der Waals surface area contributed by atoms with Crippen LogP contribution in [0, 0.1) is 0 Å². The Morgan fingerprint density at radius 1 is 0.881 bits per heavy atom. The van der Waals surface area contributed by atoms with Crippen LogP contribution >= 0.6 is 42.6 Å². The Morgan fingerprint density at radius 3 is 1.97 bits per heavy atom. The third-order valence-corrected chi connectivity index (χ3v) is 10.7. The van der Waals surface area contributed by atoms with Crippen molar-refractivity contribution in [2.75, 3.05) is 13.2 Å². The van der Waals surface area contributed by atoms with E-state index in [1.165, 1.54) is 70.6 Å². The molecule has 1 aliphatic heterocycles. The number of benzene rings is 2. The van der Waals surface area contributed by atoms with Crippen LogP contribution in [0.3, 0.4) is 0 Å². The van der Waals surface area contributed by atoms with E-state index in [-0.39, 0.29) is 11.5 Å². The van der Waals surface area contributed by atoms with E-state index < -0.39 is 99.0 Å². The SMILES string of the molecule is [3H]B(C)C(=O)OCC1OC(C)C(NC(=O)OCC(Cl)(Cl)Cl)C(OC(=O)CC(CCCCCCCCCCC)OC(C)=O)C1OP(=O)(Oc1ccccc1)Oc1ccccc1.